The molecule has 0 aromatic rings. The molecule has 2 bridgehead atoms. The van der Waals surface area contributed by atoms with E-state index >= 15 is 0 Å². The maximum absolute atomic E-state index is 13.8. The van der Waals surface area contributed by atoms with Crippen LogP contribution in [0, 0.1) is 47.3 Å². The van der Waals surface area contributed by atoms with Crippen LogP contribution in [0.4, 0.5) is 0 Å². The average Bonchev–Trinajstić information content (AvgIpc) is 3.38. The lowest BCUT2D eigenvalue weighted by atomic mass is 9.83. The highest BCUT2D eigenvalue weighted by Crippen LogP contribution is 2.36. The number of aliphatic carboxylic acids is 1. The first-order valence-electron chi connectivity index (χ1n) is 29.0. The highest BCUT2D eigenvalue weighted by atomic mass is 16.7. The number of fused-ring (bicyclic) bond motifs is 2. The number of esters is 2. The van der Waals surface area contributed by atoms with Crippen molar-refractivity contribution in [3.8, 4) is 0 Å². The second-order valence-electron chi connectivity index (χ2n) is 23.4. The number of nitrogens with two attached hydrogens (primary N) is 1. The number of carboxylic acid groups (broad SMARTS) is 1. The van der Waals surface area contributed by atoms with Gasteiger partial charge in [-0.05, 0) is 76.0 Å². The van der Waals surface area contributed by atoms with Crippen molar-refractivity contribution in [1.82, 2.24) is 5.32 Å². The highest BCUT2D eigenvalue weighted by Gasteiger charge is 2.50. The van der Waals surface area contributed by atoms with E-state index in [1.165, 1.54) is 12.2 Å². The summed E-state index contributed by atoms with van der Waals surface area (Å²) in [7, 11) is 1.63. The number of allylic oxidation sites excluding steroid dienone is 4. The molecule has 0 saturated carbocycles. The van der Waals surface area contributed by atoms with Gasteiger partial charge < -0.3 is 86.5 Å². The second-order valence-corrected chi connectivity index (χ2v) is 23.4. The van der Waals surface area contributed by atoms with Gasteiger partial charge in [0.05, 0.1) is 67.0 Å². The zero-order chi connectivity index (χ0) is 60.4. The van der Waals surface area contributed by atoms with Gasteiger partial charge in [0, 0.05) is 69.4 Å². The van der Waals surface area contributed by atoms with Gasteiger partial charge in [-0.2, -0.15) is 0 Å². The Morgan fingerprint density at radius 1 is 0.762 bits per heavy atom. The molecule has 0 aromatic carbocycles. The topological polar surface area (TPSA) is 372 Å². The maximum atomic E-state index is 13.8. The van der Waals surface area contributed by atoms with E-state index in [4.69, 9.17) is 19.9 Å². The molecule has 0 unspecified atom stereocenters. The summed E-state index contributed by atoms with van der Waals surface area (Å²) in [6, 6.07) is 0. The number of nitrogens with zero attached hydrogens (tertiary/aromatic N) is 1. The van der Waals surface area contributed by atoms with Crippen LogP contribution in [0.15, 0.2) is 53.6 Å². The Kier molecular flexibility index (Phi) is 33.1. The SMILES string of the molecule is CN=C(N)NCCC/C=C/CCC[C@H](C)C[C@H](C)[C@H]1OC(=O)[C@H](C)[C@H](O)/C=C/[C@H](C)[C@H](O)C[C@H](O)[C@H](C)[C@@H](O)CC[C@H](C)[C@H](O)C[C@]2(O)O[C@H](C[C@@H](OC(=O)CC(=O)O)C[C@@H](O)C[C@@H](O)[C@H](C)[C@H](O)/C=C/C=C/[C@@H]1C)C[C@H](O)[C@H]2O. The number of carbonyl (C=O) groups excluding carboxylic acids is 2. The number of nitrogens with one attached hydrogen (secondary N) is 1. The summed E-state index contributed by atoms with van der Waals surface area (Å²) < 4.78 is 17.5. The number of hydrogen-bond acceptors (Lipinski definition) is 18. The fraction of sp³-hybridized carbons (Fsp3) is 0.797. The highest BCUT2D eigenvalue weighted by molar-refractivity contribution is 5.90. The Labute approximate surface area is 474 Å². The molecule has 0 aliphatic carbocycles. The Morgan fingerprint density at radius 3 is 2.05 bits per heavy atom. The fourth-order valence-electron chi connectivity index (χ4n) is 10.3. The quantitative estimate of drug-likeness (QED) is 0.0296. The number of hydrogen-bond donors (Lipinski definition) is 14. The third-order valence-electron chi connectivity index (χ3n) is 16.2. The minimum Gasteiger partial charge on any atom is -0.481 e. The number of carbonyl (C=O) groups is 3. The Bertz CT molecular complexity index is 1960. The van der Waals surface area contributed by atoms with Gasteiger partial charge in [0.25, 0.3) is 0 Å². The number of aliphatic hydroxyl groups is 11. The lowest BCUT2D eigenvalue weighted by Gasteiger charge is -2.45. The van der Waals surface area contributed by atoms with Crippen LogP contribution in [-0.2, 0) is 28.6 Å². The summed E-state index contributed by atoms with van der Waals surface area (Å²) in [4.78, 5) is 41.7. The van der Waals surface area contributed by atoms with Crippen molar-refractivity contribution < 1.29 is 89.9 Å². The van der Waals surface area contributed by atoms with Crippen molar-refractivity contribution in [1.29, 1.82) is 0 Å². The predicted molar refractivity (Wildman–Crippen MR) is 302 cm³/mol. The van der Waals surface area contributed by atoms with Gasteiger partial charge >= 0.3 is 17.9 Å². The summed E-state index contributed by atoms with van der Waals surface area (Å²) in [5, 5.41) is 135. The zero-order valence-electron chi connectivity index (χ0n) is 48.9. The number of cyclic esters (lactones) is 1. The third kappa shape index (κ3) is 26.2. The molecule has 21 heteroatoms. The number of unbranched alkanes of at least 4 members (excludes halogenated alkanes) is 2. The summed E-state index contributed by atoms with van der Waals surface area (Å²) in [5.74, 6) is -9.43. The summed E-state index contributed by atoms with van der Waals surface area (Å²) in [6.45, 7) is 14.8. The van der Waals surface area contributed by atoms with E-state index in [9.17, 15) is 75.7 Å². The lowest BCUT2D eigenvalue weighted by molar-refractivity contribution is -0.333. The van der Waals surface area contributed by atoms with Crippen LogP contribution in [0.2, 0.25) is 0 Å². The van der Waals surface area contributed by atoms with E-state index in [0.717, 1.165) is 45.1 Å². The molecule has 1 fully saturated rings. The van der Waals surface area contributed by atoms with Crippen LogP contribution >= 0.6 is 0 Å². The van der Waals surface area contributed by atoms with Gasteiger partial charge in [-0.1, -0.05) is 103 Å². The van der Waals surface area contributed by atoms with Crippen LogP contribution in [0.25, 0.3) is 0 Å². The zero-order valence-corrected chi connectivity index (χ0v) is 48.9. The van der Waals surface area contributed by atoms with Crippen molar-refractivity contribution in [2.24, 2.45) is 58.1 Å². The molecular weight excluding hydrogens is 1040 g/mol. The van der Waals surface area contributed by atoms with E-state index < -0.39 is 145 Å². The van der Waals surface area contributed by atoms with Gasteiger partial charge in [0.15, 0.2) is 11.7 Å². The first kappa shape index (κ1) is 72.3. The minimum atomic E-state index is -2.54. The molecule has 1 saturated heterocycles. The molecule has 462 valence electrons. The largest absolute Gasteiger partial charge is 0.481 e. The van der Waals surface area contributed by atoms with Crippen LogP contribution < -0.4 is 11.1 Å². The van der Waals surface area contributed by atoms with E-state index in [-0.39, 0.29) is 62.7 Å². The Morgan fingerprint density at radius 2 is 1.40 bits per heavy atom. The monoisotopic (exact) mass is 1140 g/mol. The smallest absolute Gasteiger partial charge is 0.317 e. The van der Waals surface area contributed by atoms with Crippen LogP contribution in [0.3, 0.4) is 0 Å². The molecule has 0 amide bonds. The molecule has 2 rings (SSSR count). The third-order valence-corrected chi connectivity index (χ3v) is 16.2. The van der Waals surface area contributed by atoms with Crippen LogP contribution in [-0.4, -0.2) is 184 Å². The van der Waals surface area contributed by atoms with E-state index in [1.807, 2.05) is 19.9 Å². The molecular formula is C59H103N3O18. The number of aliphatic imine (C=N–C) groups is 1. The molecule has 22 atom stereocenters. The molecule has 0 radical (unpaired) electrons. The van der Waals surface area contributed by atoms with Gasteiger partial charge in [0.1, 0.15) is 24.7 Å². The minimum absolute atomic E-state index is 0.0716. The molecule has 2 heterocycles. The number of carboxylic acids is 1. The normalized spacial score (nSPS) is 38.9. The van der Waals surface area contributed by atoms with Crippen molar-refractivity contribution in [2.75, 3.05) is 13.6 Å². The van der Waals surface area contributed by atoms with Gasteiger partial charge in [-0.15, -0.1) is 0 Å². The number of aliphatic hydroxyl groups excluding tert-OH is 10. The number of guanidine groups is 1. The average molecular weight is 1140 g/mol. The van der Waals surface area contributed by atoms with E-state index in [2.05, 4.69) is 29.4 Å². The first-order chi connectivity index (χ1) is 37.5. The van der Waals surface area contributed by atoms with Gasteiger partial charge in [-0.25, -0.2) is 0 Å². The summed E-state index contributed by atoms with van der Waals surface area (Å²) in [5.41, 5.74) is 5.68. The summed E-state index contributed by atoms with van der Waals surface area (Å²) >= 11 is 0. The van der Waals surface area contributed by atoms with Gasteiger partial charge in [0.2, 0.25) is 0 Å². The molecule has 21 nitrogen and oxygen atoms in total. The van der Waals surface area contributed by atoms with Crippen molar-refractivity contribution in [2.45, 2.75) is 237 Å². The molecule has 2 aliphatic heterocycles. The molecule has 0 spiro atoms. The lowest BCUT2D eigenvalue weighted by Crippen LogP contribution is -2.60. The summed E-state index contributed by atoms with van der Waals surface area (Å²) in [6.07, 6.45) is -0.165. The Hall–Kier alpha value is -3.84. The first-order valence-corrected chi connectivity index (χ1v) is 29.0. The predicted octanol–water partition coefficient (Wildman–Crippen LogP) is 3.30. The van der Waals surface area contributed by atoms with Crippen molar-refractivity contribution >= 4 is 23.9 Å². The molecule has 15 N–H and O–H groups in total. The van der Waals surface area contributed by atoms with Crippen molar-refractivity contribution in [3.63, 3.8) is 0 Å². The van der Waals surface area contributed by atoms with E-state index in [0.29, 0.717) is 5.96 Å². The second kappa shape index (κ2) is 36.7. The number of ether oxygens (including phenoxy) is 3. The number of rotatable bonds is 14. The van der Waals surface area contributed by atoms with Crippen molar-refractivity contribution in [3.05, 3.63) is 48.6 Å². The Balaban J connectivity index is 2.43. The van der Waals surface area contributed by atoms with E-state index in [1.54, 1.807) is 59.9 Å². The molecule has 2 aliphatic rings. The van der Waals surface area contributed by atoms with Gasteiger partial charge in [-0.3, -0.25) is 19.4 Å². The maximum Gasteiger partial charge on any atom is 0.317 e. The fourth-order valence-corrected chi connectivity index (χ4v) is 10.3. The van der Waals surface area contributed by atoms with Crippen LogP contribution in [0.1, 0.15) is 152 Å². The molecule has 0 aromatic heterocycles. The van der Waals surface area contributed by atoms with Crippen LogP contribution in [0.5, 0.6) is 0 Å². The standard InChI is InChI=1S/C59H103N3O18/c1-34(18-14-12-10-11-13-17-25-62-58(60)61-9)26-38(5)55-37(4)19-15-16-20-45(64)39(6)49(68)28-42(63)27-43(78-54(74)32-53(72)73)29-44-30-51(70)56(75)59(77,80-44)33-52(71)36(3)22-23-46(65)40(7)50(69)31-48(67)35(2)21-24-47(66)41(8)57(76)79-55/h10-11,15-16,19-21,24,34-52,55-56,63-71,75,77H,12-14,17-18,22-23,25-33H2,1-9H3,(H,72,73)(H3,60,61,62)/b11-10+,19-15+,20-16+,24-21+/t34-,35-,36-,37-,38-,39+,40+,41+,42+,43-,44+,45+,46-,47+,48+,49+,50-,51-,52+,55-,56+,59-/m0/s1. The molecule has 80 heavy (non-hydrogen) atoms.